The first kappa shape index (κ1) is 12.7. The molecule has 1 aromatic rings. The highest BCUT2D eigenvalue weighted by Crippen LogP contribution is 2.47. The number of rotatable bonds is 3. The van der Waals surface area contributed by atoms with Crippen LogP contribution in [0, 0.1) is 18.3 Å². The first-order chi connectivity index (χ1) is 9.75. The van der Waals surface area contributed by atoms with Gasteiger partial charge < -0.3 is 10.1 Å². The minimum atomic E-state index is 0.412. The van der Waals surface area contributed by atoms with E-state index in [1.165, 1.54) is 56.3 Å². The maximum Gasteiger partial charge on any atom is 0.123 e. The SMILES string of the molecule is Cc1ccc2c(c1)CC(CC1(C3CCCC3)CNC1)O2. The third-order valence-electron chi connectivity index (χ3n) is 5.77. The molecule has 1 atom stereocenters. The molecule has 1 aliphatic carbocycles. The lowest BCUT2D eigenvalue weighted by Crippen LogP contribution is -2.58. The second kappa shape index (κ2) is 4.77. The molecule has 0 bridgehead atoms. The zero-order chi connectivity index (χ0) is 13.6. The van der Waals surface area contributed by atoms with Crippen molar-refractivity contribution in [2.24, 2.45) is 11.3 Å². The van der Waals surface area contributed by atoms with Crippen LogP contribution in [-0.4, -0.2) is 19.2 Å². The molecule has 0 aromatic heterocycles. The van der Waals surface area contributed by atoms with E-state index in [2.05, 4.69) is 30.4 Å². The predicted molar refractivity (Wildman–Crippen MR) is 81.2 cm³/mol. The molecule has 2 aliphatic heterocycles. The Morgan fingerprint density at radius 2 is 2.05 bits per heavy atom. The van der Waals surface area contributed by atoms with Crippen LogP contribution < -0.4 is 10.1 Å². The molecule has 0 spiro atoms. The monoisotopic (exact) mass is 271 g/mol. The van der Waals surface area contributed by atoms with Crippen LogP contribution in [0.25, 0.3) is 0 Å². The van der Waals surface area contributed by atoms with E-state index in [-0.39, 0.29) is 0 Å². The van der Waals surface area contributed by atoms with Crippen molar-refractivity contribution < 1.29 is 4.74 Å². The van der Waals surface area contributed by atoms with Crippen molar-refractivity contribution in [2.75, 3.05) is 13.1 Å². The van der Waals surface area contributed by atoms with E-state index in [0.29, 0.717) is 11.5 Å². The van der Waals surface area contributed by atoms with Crippen molar-refractivity contribution in [3.05, 3.63) is 29.3 Å². The van der Waals surface area contributed by atoms with Gasteiger partial charge in [0.2, 0.25) is 0 Å². The summed E-state index contributed by atoms with van der Waals surface area (Å²) in [5.41, 5.74) is 3.31. The highest BCUT2D eigenvalue weighted by molar-refractivity contribution is 5.40. The molecule has 1 N–H and O–H groups in total. The summed E-state index contributed by atoms with van der Waals surface area (Å²) < 4.78 is 6.23. The summed E-state index contributed by atoms with van der Waals surface area (Å²) in [4.78, 5) is 0. The topological polar surface area (TPSA) is 21.3 Å². The molecule has 2 heteroatoms. The van der Waals surface area contributed by atoms with Gasteiger partial charge in [0.25, 0.3) is 0 Å². The van der Waals surface area contributed by atoms with Crippen molar-refractivity contribution in [1.82, 2.24) is 5.32 Å². The molecule has 0 radical (unpaired) electrons. The van der Waals surface area contributed by atoms with Crippen LogP contribution in [-0.2, 0) is 6.42 Å². The maximum atomic E-state index is 6.23. The molecular formula is C18H25NO. The summed E-state index contributed by atoms with van der Waals surface area (Å²) in [6, 6.07) is 6.63. The molecule has 2 fully saturated rings. The van der Waals surface area contributed by atoms with Crippen LogP contribution in [0.3, 0.4) is 0 Å². The van der Waals surface area contributed by atoms with Gasteiger partial charge in [-0.1, -0.05) is 30.5 Å². The average molecular weight is 271 g/mol. The van der Waals surface area contributed by atoms with Crippen molar-refractivity contribution in [2.45, 2.75) is 51.6 Å². The lowest BCUT2D eigenvalue weighted by molar-refractivity contribution is 0.0281. The van der Waals surface area contributed by atoms with E-state index < -0.39 is 0 Å². The van der Waals surface area contributed by atoms with Crippen LogP contribution in [0.2, 0.25) is 0 Å². The second-order valence-corrected chi connectivity index (χ2v) is 7.21. The van der Waals surface area contributed by atoms with E-state index in [4.69, 9.17) is 4.74 Å². The fourth-order valence-corrected chi connectivity index (χ4v) is 4.60. The Hall–Kier alpha value is -1.02. The highest BCUT2D eigenvalue weighted by atomic mass is 16.5. The van der Waals surface area contributed by atoms with Crippen LogP contribution in [0.5, 0.6) is 5.75 Å². The molecule has 1 unspecified atom stereocenters. The Labute approximate surface area is 121 Å². The minimum Gasteiger partial charge on any atom is -0.490 e. The van der Waals surface area contributed by atoms with E-state index in [1.807, 2.05) is 0 Å². The number of aryl methyl sites for hydroxylation is 1. The van der Waals surface area contributed by atoms with E-state index >= 15 is 0 Å². The molecule has 4 rings (SSSR count). The fourth-order valence-electron chi connectivity index (χ4n) is 4.60. The largest absolute Gasteiger partial charge is 0.490 e. The second-order valence-electron chi connectivity index (χ2n) is 7.21. The summed E-state index contributed by atoms with van der Waals surface area (Å²) in [6.07, 6.45) is 8.55. The van der Waals surface area contributed by atoms with Crippen molar-refractivity contribution in [3.63, 3.8) is 0 Å². The third-order valence-corrected chi connectivity index (χ3v) is 5.77. The van der Waals surface area contributed by atoms with Gasteiger partial charge in [0.15, 0.2) is 0 Å². The molecule has 108 valence electrons. The average Bonchev–Trinajstić information content (AvgIpc) is 3.02. The molecule has 1 saturated carbocycles. The van der Waals surface area contributed by atoms with Crippen LogP contribution >= 0.6 is 0 Å². The summed E-state index contributed by atoms with van der Waals surface area (Å²) in [5.74, 6) is 2.08. The number of nitrogens with one attached hydrogen (secondary N) is 1. The standard InChI is InChI=1S/C18H25NO/c1-13-6-7-17-14(8-13)9-16(20-17)10-18(11-19-12-18)15-4-2-3-5-15/h6-8,15-16,19H,2-5,9-12H2,1H3. The highest BCUT2D eigenvalue weighted by Gasteiger charge is 2.47. The summed E-state index contributed by atoms with van der Waals surface area (Å²) in [5, 5.41) is 3.53. The first-order valence-corrected chi connectivity index (χ1v) is 8.22. The number of benzene rings is 1. The molecule has 20 heavy (non-hydrogen) atoms. The summed E-state index contributed by atoms with van der Waals surface area (Å²) in [7, 11) is 0. The molecular weight excluding hydrogens is 246 g/mol. The van der Waals surface area contributed by atoms with Gasteiger partial charge in [-0.05, 0) is 43.7 Å². The maximum absolute atomic E-state index is 6.23. The van der Waals surface area contributed by atoms with E-state index in [1.54, 1.807) is 0 Å². The smallest absolute Gasteiger partial charge is 0.123 e. The zero-order valence-electron chi connectivity index (χ0n) is 12.5. The van der Waals surface area contributed by atoms with E-state index in [9.17, 15) is 0 Å². The van der Waals surface area contributed by atoms with Crippen molar-refractivity contribution >= 4 is 0 Å². The van der Waals surface area contributed by atoms with Gasteiger partial charge in [-0.2, -0.15) is 0 Å². The fraction of sp³-hybridized carbons (Fsp3) is 0.667. The number of hydrogen-bond donors (Lipinski definition) is 1. The quantitative estimate of drug-likeness (QED) is 0.909. The van der Waals surface area contributed by atoms with Gasteiger partial charge in [-0.3, -0.25) is 0 Å². The minimum absolute atomic E-state index is 0.412. The van der Waals surface area contributed by atoms with Gasteiger partial charge in [0.05, 0.1) is 0 Å². The Balaban J connectivity index is 1.47. The van der Waals surface area contributed by atoms with Gasteiger partial charge in [0, 0.05) is 24.9 Å². The van der Waals surface area contributed by atoms with Gasteiger partial charge in [-0.15, -0.1) is 0 Å². The predicted octanol–water partition coefficient (Wildman–Crippen LogP) is 3.47. The Kier molecular flexibility index (Phi) is 3.03. The van der Waals surface area contributed by atoms with Crippen LogP contribution in [0.15, 0.2) is 18.2 Å². The van der Waals surface area contributed by atoms with Gasteiger partial charge >= 0.3 is 0 Å². The molecule has 1 saturated heterocycles. The van der Waals surface area contributed by atoms with E-state index in [0.717, 1.165) is 18.1 Å². The molecule has 3 aliphatic rings. The summed E-state index contributed by atoms with van der Waals surface area (Å²) >= 11 is 0. The normalized spacial score (nSPS) is 27.9. The van der Waals surface area contributed by atoms with Crippen LogP contribution in [0.4, 0.5) is 0 Å². The number of hydrogen-bond acceptors (Lipinski definition) is 2. The zero-order valence-corrected chi connectivity index (χ0v) is 12.5. The van der Waals surface area contributed by atoms with Crippen molar-refractivity contribution in [1.29, 1.82) is 0 Å². The first-order valence-electron chi connectivity index (χ1n) is 8.22. The molecule has 2 nitrogen and oxygen atoms in total. The third kappa shape index (κ3) is 2.05. The molecule has 2 heterocycles. The number of fused-ring (bicyclic) bond motifs is 1. The Bertz CT molecular complexity index is 500. The Morgan fingerprint density at radius 1 is 1.25 bits per heavy atom. The summed E-state index contributed by atoms with van der Waals surface area (Å²) in [6.45, 7) is 4.60. The van der Waals surface area contributed by atoms with Crippen molar-refractivity contribution in [3.8, 4) is 5.75 Å². The lowest BCUT2D eigenvalue weighted by Gasteiger charge is -2.48. The molecule has 0 amide bonds. The number of ether oxygens (including phenoxy) is 1. The lowest BCUT2D eigenvalue weighted by atomic mass is 9.66. The van der Waals surface area contributed by atoms with Gasteiger partial charge in [-0.25, -0.2) is 0 Å². The molecule has 1 aromatic carbocycles. The van der Waals surface area contributed by atoms with Crippen LogP contribution in [0.1, 0.15) is 43.2 Å². The van der Waals surface area contributed by atoms with Gasteiger partial charge in [0.1, 0.15) is 11.9 Å². The Morgan fingerprint density at radius 3 is 2.75 bits per heavy atom.